The molecule has 2 N–H and O–H groups in total. The van der Waals surface area contributed by atoms with E-state index in [1.807, 2.05) is 12.1 Å². The number of halogens is 2. The Labute approximate surface area is 122 Å². The molecular weight excluding hydrogens is 272 g/mol. The Balaban J connectivity index is 2.24. The second-order valence-electron chi connectivity index (χ2n) is 5.55. The van der Waals surface area contributed by atoms with E-state index in [1.165, 1.54) is 12.1 Å². The van der Waals surface area contributed by atoms with Gasteiger partial charge in [0.05, 0.1) is 12.6 Å². The molecule has 0 amide bonds. The van der Waals surface area contributed by atoms with Gasteiger partial charge >= 0.3 is 0 Å². The average molecular weight is 289 g/mol. The molecule has 1 atom stereocenters. The van der Waals surface area contributed by atoms with Crippen molar-refractivity contribution in [2.45, 2.75) is 25.3 Å². The number of aryl methyl sites for hydroxylation is 2. The highest BCUT2D eigenvalue weighted by Gasteiger charge is 2.41. The summed E-state index contributed by atoms with van der Waals surface area (Å²) in [5.74, 6) is -0.525. The molecule has 0 radical (unpaired) electrons. The number of fused-ring (bicyclic) bond motifs is 1. The monoisotopic (exact) mass is 289 g/mol. The molecule has 21 heavy (non-hydrogen) atoms. The molecule has 0 saturated carbocycles. The zero-order valence-corrected chi connectivity index (χ0v) is 12.0. The first-order chi connectivity index (χ1) is 9.97. The summed E-state index contributed by atoms with van der Waals surface area (Å²) in [6, 6.07) is 8.24. The summed E-state index contributed by atoms with van der Waals surface area (Å²) >= 11 is 0. The van der Waals surface area contributed by atoms with Crippen LogP contribution < -0.4 is 10.5 Å². The summed E-state index contributed by atoms with van der Waals surface area (Å²) in [5, 5.41) is 0. The van der Waals surface area contributed by atoms with Crippen molar-refractivity contribution in [1.29, 1.82) is 0 Å². The van der Waals surface area contributed by atoms with Crippen LogP contribution in [0.4, 0.5) is 8.78 Å². The number of benzene rings is 2. The molecule has 2 aromatic carbocycles. The maximum Gasteiger partial charge on any atom is 0.134 e. The summed E-state index contributed by atoms with van der Waals surface area (Å²) in [4.78, 5) is 0. The van der Waals surface area contributed by atoms with Crippen LogP contribution in [0.1, 0.15) is 28.7 Å². The van der Waals surface area contributed by atoms with Gasteiger partial charge in [0.15, 0.2) is 0 Å². The molecule has 3 rings (SSSR count). The number of ether oxygens (including phenoxy) is 1. The standard InChI is InChI=1S/C17H17F2NO/c1-10-3-6-14(18)15(16(10)19)17(20)8-7-11-4-5-12(21-2)9-13(11)17/h3-6,9H,7-8,20H2,1-2H3. The normalized spacial score (nSPS) is 20.4. The lowest BCUT2D eigenvalue weighted by Crippen LogP contribution is -2.37. The number of hydrogen-bond acceptors (Lipinski definition) is 2. The summed E-state index contributed by atoms with van der Waals surface area (Å²) in [5.41, 5.74) is 7.40. The number of methoxy groups -OCH3 is 1. The van der Waals surface area contributed by atoms with Crippen molar-refractivity contribution in [3.05, 3.63) is 64.2 Å². The minimum absolute atomic E-state index is 0.0468. The lowest BCUT2D eigenvalue weighted by molar-refractivity contribution is 0.411. The van der Waals surface area contributed by atoms with E-state index >= 15 is 0 Å². The maximum atomic E-state index is 14.5. The Bertz CT molecular complexity index is 714. The van der Waals surface area contributed by atoms with E-state index < -0.39 is 17.2 Å². The van der Waals surface area contributed by atoms with Crippen LogP contribution >= 0.6 is 0 Å². The first-order valence-electron chi connectivity index (χ1n) is 6.88. The summed E-state index contributed by atoms with van der Waals surface area (Å²) in [6.07, 6.45) is 1.18. The highest BCUT2D eigenvalue weighted by molar-refractivity contribution is 5.51. The van der Waals surface area contributed by atoms with Gasteiger partial charge in [0.2, 0.25) is 0 Å². The quantitative estimate of drug-likeness (QED) is 0.919. The van der Waals surface area contributed by atoms with Crippen LogP contribution in [0, 0.1) is 18.6 Å². The van der Waals surface area contributed by atoms with Gasteiger partial charge in [-0.1, -0.05) is 12.1 Å². The van der Waals surface area contributed by atoms with Gasteiger partial charge in [0, 0.05) is 5.56 Å². The minimum atomic E-state index is -1.15. The van der Waals surface area contributed by atoms with Gasteiger partial charge in [0.1, 0.15) is 17.4 Å². The van der Waals surface area contributed by atoms with Crippen LogP contribution in [0.25, 0.3) is 0 Å². The number of nitrogens with two attached hydrogens (primary N) is 1. The van der Waals surface area contributed by atoms with Crippen LogP contribution in [-0.2, 0) is 12.0 Å². The average Bonchev–Trinajstić information content (AvgIpc) is 2.81. The highest BCUT2D eigenvalue weighted by atomic mass is 19.1. The van der Waals surface area contributed by atoms with Crippen molar-refractivity contribution in [3.8, 4) is 5.75 Å². The van der Waals surface area contributed by atoms with Crippen molar-refractivity contribution in [1.82, 2.24) is 0 Å². The second kappa shape index (κ2) is 4.81. The van der Waals surface area contributed by atoms with E-state index in [4.69, 9.17) is 10.5 Å². The SMILES string of the molecule is COc1ccc2c(c1)C(N)(c1c(F)ccc(C)c1F)CC2. The third-order valence-electron chi connectivity index (χ3n) is 4.32. The smallest absolute Gasteiger partial charge is 0.134 e. The van der Waals surface area contributed by atoms with Crippen molar-refractivity contribution in [3.63, 3.8) is 0 Å². The van der Waals surface area contributed by atoms with E-state index in [2.05, 4.69) is 0 Å². The van der Waals surface area contributed by atoms with E-state index in [1.54, 1.807) is 20.1 Å². The van der Waals surface area contributed by atoms with Gasteiger partial charge in [0.25, 0.3) is 0 Å². The molecule has 0 aliphatic heterocycles. The fraction of sp³-hybridized carbons (Fsp3) is 0.294. The van der Waals surface area contributed by atoms with Crippen molar-refractivity contribution < 1.29 is 13.5 Å². The molecule has 0 aromatic heterocycles. The molecule has 1 aliphatic carbocycles. The largest absolute Gasteiger partial charge is 0.497 e. The van der Waals surface area contributed by atoms with Crippen LogP contribution in [-0.4, -0.2) is 7.11 Å². The molecule has 4 heteroatoms. The first kappa shape index (κ1) is 14.0. The summed E-state index contributed by atoms with van der Waals surface area (Å²) in [7, 11) is 1.56. The zero-order chi connectivity index (χ0) is 15.2. The highest BCUT2D eigenvalue weighted by Crippen LogP contribution is 2.43. The topological polar surface area (TPSA) is 35.2 Å². The lowest BCUT2D eigenvalue weighted by atomic mass is 9.83. The summed E-state index contributed by atoms with van der Waals surface area (Å²) in [6.45, 7) is 1.61. The van der Waals surface area contributed by atoms with Crippen LogP contribution in [0.2, 0.25) is 0 Å². The molecule has 0 heterocycles. The second-order valence-corrected chi connectivity index (χ2v) is 5.55. The Morgan fingerprint density at radius 2 is 1.95 bits per heavy atom. The molecule has 0 fully saturated rings. The Morgan fingerprint density at radius 1 is 1.19 bits per heavy atom. The van der Waals surface area contributed by atoms with Gasteiger partial charge < -0.3 is 10.5 Å². The third-order valence-corrected chi connectivity index (χ3v) is 4.32. The fourth-order valence-corrected chi connectivity index (χ4v) is 3.11. The van der Waals surface area contributed by atoms with Crippen LogP contribution in [0.5, 0.6) is 5.75 Å². The van der Waals surface area contributed by atoms with Gasteiger partial charge in [-0.2, -0.15) is 0 Å². The number of hydrogen-bond donors (Lipinski definition) is 1. The predicted molar refractivity (Wildman–Crippen MR) is 77.4 cm³/mol. The molecule has 0 bridgehead atoms. The molecule has 1 aliphatic rings. The van der Waals surface area contributed by atoms with Crippen molar-refractivity contribution >= 4 is 0 Å². The van der Waals surface area contributed by atoms with Gasteiger partial charge in [-0.25, -0.2) is 8.78 Å². The molecule has 110 valence electrons. The van der Waals surface area contributed by atoms with E-state index in [-0.39, 0.29) is 5.56 Å². The predicted octanol–water partition coefficient (Wildman–Crippen LogP) is 3.43. The molecule has 0 saturated heterocycles. The Morgan fingerprint density at radius 3 is 2.67 bits per heavy atom. The molecule has 0 spiro atoms. The fourth-order valence-electron chi connectivity index (χ4n) is 3.11. The van der Waals surface area contributed by atoms with E-state index in [9.17, 15) is 8.78 Å². The summed E-state index contributed by atoms with van der Waals surface area (Å²) < 4.78 is 33.9. The van der Waals surface area contributed by atoms with Crippen molar-refractivity contribution in [2.75, 3.05) is 7.11 Å². The van der Waals surface area contributed by atoms with Gasteiger partial charge in [-0.3, -0.25) is 0 Å². The molecule has 2 aromatic rings. The number of rotatable bonds is 2. The Hall–Kier alpha value is -1.94. The third kappa shape index (κ3) is 2.02. The van der Waals surface area contributed by atoms with Gasteiger partial charge in [-0.05, 0) is 54.7 Å². The minimum Gasteiger partial charge on any atom is -0.497 e. The zero-order valence-electron chi connectivity index (χ0n) is 12.0. The van der Waals surface area contributed by atoms with Gasteiger partial charge in [-0.15, -0.1) is 0 Å². The lowest BCUT2D eigenvalue weighted by Gasteiger charge is -2.28. The first-order valence-corrected chi connectivity index (χ1v) is 6.88. The van der Waals surface area contributed by atoms with Crippen molar-refractivity contribution in [2.24, 2.45) is 5.73 Å². The Kier molecular flexibility index (Phi) is 3.21. The molecular formula is C17H17F2NO. The van der Waals surface area contributed by atoms with E-state index in [0.29, 0.717) is 24.2 Å². The molecule has 1 unspecified atom stereocenters. The van der Waals surface area contributed by atoms with E-state index in [0.717, 1.165) is 11.1 Å². The van der Waals surface area contributed by atoms with Crippen LogP contribution in [0.15, 0.2) is 30.3 Å². The van der Waals surface area contributed by atoms with Crippen LogP contribution in [0.3, 0.4) is 0 Å². The maximum absolute atomic E-state index is 14.5. The molecule has 2 nitrogen and oxygen atoms in total.